The molecule has 0 rings (SSSR count). The number of rotatable bonds is 83. The molecule has 3 amide bonds. The smallest absolute Gasteiger partial charge is 0.221 e. The lowest BCUT2D eigenvalue weighted by atomic mass is 10.0. The number of carbonyl (C=O) groups is 5. The molecule has 0 radical (unpaired) electrons. The van der Waals surface area contributed by atoms with Gasteiger partial charge in [-0.25, -0.2) is 0 Å². The molecular formula is C86H170N6O5. The second kappa shape index (κ2) is 79.3. The molecule has 0 aliphatic heterocycles. The Morgan fingerprint density at radius 2 is 0.351 bits per heavy atom. The van der Waals surface area contributed by atoms with Crippen molar-refractivity contribution in [1.82, 2.24) is 30.7 Å². The molecule has 0 spiro atoms. The van der Waals surface area contributed by atoms with E-state index < -0.39 is 0 Å². The zero-order valence-corrected chi connectivity index (χ0v) is 66.1. The van der Waals surface area contributed by atoms with Crippen LogP contribution in [0, 0.1) is 0 Å². The molecule has 97 heavy (non-hydrogen) atoms. The van der Waals surface area contributed by atoms with Gasteiger partial charge in [0.15, 0.2) is 0 Å². The van der Waals surface area contributed by atoms with Crippen molar-refractivity contribution in [3.05, 3.63) is 0 Å². The van der Waals surface area contributed by atoms with Gasteiger partial charge in [-0.15, -0.1) is 0 Å². The first kappa shape index (κ1) is 94.6. The summed E-state index contributed by atoms with van der Waals surface area (Å²) < 4.78 is 0. The zero-order chi connectivity index (χ0) is 70.5. The van der Waals surface area contributed by atoms with Gasteiger partial charge in [0.2, 0.25) is 17.7 Å². The van der Waals surface area contributed by atoms with Crippen LogP contribution in [-0.2, 0) is 24.0 Å². The van der Waals surface area contributed by atoms with E-state index in [1.54, 1.807) is 0 Å². The summed E-state index contributed by atoms with van der Waals surface area (Å²) in [5.74, 6) is 1.03. The highest BCUT2D eigenvalue weighted by atomic mass is 16.2. The van der Waals surface area contributed by atoms with Gasteiger partial charge >= 0.3 is 0 Å². The molecule has 0 aromatic carbocycles. The van der Waals surface area contributed by atoms with Crippen molar-refractivity contribution in [2.75, 3.05) is 78.5 Å². The molecule has 0 atom stereocenters. The zero-order valence-electron chi connectivity index (χ0n) is 66.1. The van der Waals surface area contributed by atoms with Crippen LogP contribution in [0.25, 0.3) is 0 Å². The van der Waals surface area contributed by atoms with Gasteiger partial charge in [-0.3, -0.25) is 24.0 Å². The third kappa shape index (κ3) is 74.6. The Morgan fingerprint density at radius 1 is 0.175 bits per heavy atom. The van der Waals surface area contributed by atoms with E-state index in [1.807, 2.05) is 0 Å². The summed E-state index contributed by atoms with van der Waals surface area (Å²) >= 11 is 0. The van der Waals surface area contributed by atoms with Crippen LogP contribution in [0.4, 0.5) is 0 Å². The van der Waals surface area contributed by atoms with Gasteiger partial charge in [0, 0.05) is 110 Å². The first-order valence-electron chi connectivity index (χ1n) is 43.7. The van der Waals surface area contributed by atoms with Crippen molar-refractivity contribution in [3.8, 4) is 0 Å². The van der Waals surface area contributed by atoms with Crippen molar-refractivity contribution in [2.24, 2.45) is 0 Å². The van der Waals surface area contributed by atoms with Gasteiger partial charge < -0.3 is 30.7 Å². The summed E-state index contributed by atoms with van der Waals surface area (Å²) in [7, 11) is 0. The first-order chi connectivity index (χ1) is 47.7. The Morgan fingerprint density at radius 3 is 0.588 bits per heavy atom. The number of ketones is 2. The molecule has 0 fully saturated rings. The summed E-state index contributed by atoms with van der Waals surface area (Å²) in [6.45, 7) is 20.2. The van der Waals surface area contributed by atoms with Crippen LogP contribution >= 0.6 is 0 Å². The van der Waals surface area contributed by atoms with Gasteiger partial charge in [0.25, 0.3) is 0 Å². The Bertz CT molecular complexity index is 1620. The number of amides is 3. The normalized spacial score (nSPS) is 11.7. The fourth-order valence-electron chi connectivity index (χ4n) is 13.8. The molecule has 0 aromatic rings. The molecule has 574 valence electrons. The number of carbonyl (C=O) groups excluding carboxylic acids is 5. The lowest BCUT2D eigenvalue weighted by molar-refractivity contribution is -0.122. The van der Waals surface area contributed by atoms with Crippen molar-refractivity contribution in [3.63, 3.8) is 0 Å². The maximum Gasteiger partial charge on any atom is 0.221 e. The van der Waals surface area contributed by atoms with Crippen LogP contribution < -0.4 is 16.0 Å². The quantitative estimate of drug-likeness (QED) is 0.0513. The maximum absolute atomic E-state index is 13.5. The predicted octanol–water partition coefficient (Wildman–Crippen LogP) is 23.4. The highest BCUT2D eigenvalue weighted by molar-refractivity contribution is 5.79. The Kier molecular flexibility index (Phi) is 77.4. The number of nitrogens with zero attached hydrogens (tertiary/aromatic N) is 3. The number of Topliss-reactive ketones (excluding diaryl/α,β-unsaturated/α-hetero) is 2. The third-order valence-electron chi connectivity index (χ3n) is 20.7. The van der Waals surface area contributed by atoms with Crippen molar-refractivity contribution in [2.45, 2.75) is 446 Å². The summed E-state index contributed by atoms with van der Waals surface area (Å²) in [5, 5.41) is 9.68. The van der Waals surface area contributed by atoms with Crippen LogP contribution in [0.15, 0.2) is 0 Å². The van der Waals surface area contributed by atoms with E-state index in [9.17, 15) is 24.0 Å². The number of unbranched alkanes of at least 4 members (excludes halogenated alkanes) is 51. The maximum atomic E-state index is 13.5. The summed E-state index contributed by atoms with van der Waals surface area (Å²) in [4.78, 5) is 74.0. The molecule has 0 unspecified atom stereocenters. The molecule has 0 aliphatic carbocycles. The summed E-state index contributed by atoms with van der Waals surface area (Å²) in [6, 6.07) is 0. The molecule has 11 heteroatoms. The molecule has 0 saturated carbocycles. The molecular weight excluding hydrogens is 1200 g/mol. The topological polar surface area (TPSA) is 131 Å². The van der Waals surface area contributed by atoms with Crippen molar-refractivity contribution in [1.29, 1.82) is 0 Å². The molecule has 0 aromatic heterocycles. The predicted molar refractivity (Wildman–Crippen MR) is 422 cm³/mol. The van der Waals surface area contributed by atoms with Crippen molar-refractivity contribution >= 4 is 29.3 Å². The fraction of sp³-hybridized carbons (Fsp3) is 0.942. The second-order valence-electron chi connectivity index (χ2n) is 30.3. The minimum Gasteiger partial charge on any atom is -0.356 e. The van der Waals surface area contributed by atoms with E-state index in [0.717, 1.165) is 116 Å². The molecule has 3 N–H and O–H groups in total. The minimum atomic E-state index is 0.108. The lowest BCUT2D eigenvalue weighted by Crippen LogP contribution is -2.39. The van der Waals surface area contributed by atoms with E-state index in [4.69, 9.17) is 0 Å². The minimum absolute atomic E-state index is 0.108. The first-order valence-corrected chi connectivity index (χ1v) is 43.7. The highest BCUT2D eigenvalue weighted by Gasteiger charge is 2.17. The fourth-order valence-corrected chi connectivity index (χ4v) is 13.8. The van der Waals surface area contributed by atoms with Gasteiger partial charge in [0.05, 0.1) is 0 Å². The Hall–Kier alpha value is -2.37. The van der Waals surface area contributed by atoms with Gasteiger partial charge in [0.1, 0.15) is 11.6 Å². The van der Waals surface area contributed by atoms with E-state index >= 15 is 0 Å². The number of nitrogens with one attached hydrogen (secondary N) is 3. The standard InChI is InChI=1S/C86H170N6O5/c1-6-11-16-21-26-31-36-39-44-49-54-59-71-88-85(96)68-78-90(77-67-84(95)87-70-58-52-47-42-34-29-24-19-14-9-4)73-61-55-62-74-91(79-69-86(97)89-72-60-53-48-43-35-30-25-20-15-10-5)80-81-92(75-65-82(93)63-56-50-45-40-37-32-27-22-17-12-7-2)76-66-83(94)64-57-51-46-41-38-33-28-23-18-13-8-3/h6-81H2,1-5H3,(H,87,95)(H,88,96)(H,89,97). The van der Waals surface area contributed by atoms with Crippen LogP contribution in [0.3, 0.4) is 0 Å². The second-order valence-corrected chi connectivity index (χ2v) is 30.3. The number of hydrogen-bond donors (Lipinski definition) is 3. The molecule has 0 saturated heterocycles. The number of hydrogen-bond acceptors (Lipinski definition) is 8. The van der Waals surface area contributed by atoms with Crippen LogP contribution in [-0.4, -0.2) is 123 Å². The molecule has 11 nitrogen and oxygen atoms in total. The molecule has 0 bridgehead atoms. The summed E-state index contributed by atoms with van der Waals surface area (Å²) in [6.07, 6.45) is 75.9. The van der Waals surface area contributed by atoms with Gasteiger partial charge in [-0.2, -0.15) is 0 Å². The van der Waals surface area contributed by atoms with Crippen molar-refractivity contribution < 1.29 is 24.0 Å². The highest BCUT2D eigenvalue weighted by Crippen LogP contribution is 2.18. The van der Waals surface area contributed by atoms with Crippen LogP contribution in [0.1, 0.15) is 446 Å². The molecule has 0 heterocycles. The van der Waals surface area contributed by atoms with E-state index in [1.165, 1.54) is 295 Å². The Balaban J connectivity index is 5.83. The third-order valence-corrected chi connectivity index (χ3v) is 20.7. The van der Waals surface area contributed by atoms with Crippen LogP contribution in [0.2, 0.25) is 0 Å². The largest absolute Gasteiger partial charge is 0.356 e. The lowest BCUT2D eigenvalue weighted by Gasteiger charge is -2.28. The monoisotopic (exact) mass is 1370 g/mol. The Labute approximate surface area is 604 Å². The van der Waals surface area contributed by atoms with E-state index in [-0.39, 0.29) is 17.7 Å². The average Bonchev–Trinajstić information content (AvgIpc) is 3.72. The van der Waals surface area contributed by atoms with E-state index in [2.05, 4.69) is 65.3 Å². The van der Waals surface area contributed by atoms with Gasteiger partial charge in [-0.1, -0.05) is 356 Å². The molecule has 0 aliphatic rings. The SMILES string of the molecule is CCCCCCCCCCCCCCNC(=O)CCN(CCCCCN(CCC(=O)NCCCCCCCCCCCC)CCN(CCC(=O)CCCCCCCCCCCCC)CCC(=O)CCCCCCCCCCCCC)CCC(=O)NCCCCCCCCCCCC. The average molecular weight is 1370 g/mol. The van der Waals surface area contributed by atoms with E-state index in [0.29, 0.717) is 89.2 Å². The summed E-state index contributed by atoms with van der Waals surface area (Å²) in [5.41, 5.74) is 0. The van der Waals surface area contributed by atoms with Crippen LogP contribution in [0.5, 0.6) is 0 Å². The van der Waals surface area contributed by atoms with Gasteiger partial charge in [-0.05, 0) is 58.0 Å².